The van der Waals surface area contributed by atoms with Gasteiger partial charge in [0, 0.05) is 57.7 Å². The minimum atomic E-state index is 0.224. The summed E-state index contributed by atoms with van der Waals surface area (Å²) in [5, 5.41) is 8.19. The van der Waals surface area contributed by atoms with Crippen LogP contribution in [-0.2, 0) is 13.1 Å². The van der Waals surface area contributed by atoms with Crippen LogP contribution in [0.2, 0.25) is 0 Å². The zero-order valence-electron chi connectivity index (χ0n) is 19.3. The van der Waals surface area contributed by atoms with Crippen LogP contribution in [0.4, 0.5) is 0 Å². The standard InChI is InChI=1S/C26H35N5/c1-20-16-23(21(2)24(17-20)19-30-14-12-29(4)13-15-30)18-27-22(3)25-8-5-6-9-26(25)31-11-7-10-28-31/h5-11,16-17,22,27H,12-15,18-19H2,1-4H3. The lowest BCUT2D eigenvalue weighted by molar-refractivity contribution is 0.148. The maximum absolute atomic E-state index is 4.43. The van der Waals surface area contributed by atoms with Crippen LogP contribution in [0.3, 0.4) is 0 Å². The molecule has 2 aromatic carbocycles. The Kier molecular flexibility index (Phi) is 6.86. The highest BCUT2D eigenvalue weighted by Gasteiger charge is 2.17. The fourth-order valence-corrected chi connectivity index (χ4v) is 4.46. The van der Waals surface area contributed by atoms with Gasteiger partial charge in [-0.15, -0.1) is 0 Å². The lowest BCUT2D eigenvalue weighted by atomic mass is 9.97. The summed E-state index contributed by atoms with van der Waals surface area (Å²) in [7, 11) is 2.21. The smallest absolute Gasteiger partial charge is 0.0693 e. The molecule has 0 aliphatic carbocycles. The van der Waals surface area contributed by atoms with Crippen molar-refractivity contribution in [1.82, 2.24) is 24.9 Å². The van der Waals surface area contributed by atoms with Crippen molar-refractivity contribution in [3.63, 3.8) is 0 Å². The van der Waals surface area contributed by atoms with E-state index in [1.807, 2.05) is 23.1 Å². The molecule has 4 rings (SSSR count). The fourth-order valence-electron chi connectivity index (χ4n) is 4.46. The lowest BCUT2D eigenvalue weighted by Crippen LogP contribution is -2.44. The van der Waals surface area contributed by atoms with Gasteiger partial charge in [0.1, 0.15) is 0 Å². The Labute approximate surface area is 186 Å². The van der Waals surface area contributed by atoms with Crippen LogP contribution in [0.1, 0.15) is 40.8 Å². The summed E-state index contributed by atoms with van der Waals surface area (Å²) in [6.07, 6.45) is 3.83. The Balaban J connectivity index is 1.47. The minimum absolute atomic E-state index is 0.224. The number of hydrogen-bond donors (Lipinski definition) is 1. The summed E-state index contributed by atoms with van der Waals surface area (Å²) in [5.74, 6) is 0. The van der Waals surface area contributed by atoms with Crippen LogP contribution in [0.5, 0.6) is 0 Å². The average molecular weight is 418 g/mol. The van der Waals surface area contributed by atoms with Gasteiger partial charge in [-0.05, 0) is 62.2 Å². The number of aromatic nitrogens is 2. The SMILES string of the molecule is Cc1cc(CNC(C)c2ccccc2-n2cccn2)c(C)c(CN2CCN(C)CC2)c1. The molecule has 0 spiro atoms. The second-order valence-electron chi connectivity index (χ2n) is 8.90. The van der Waals surface area contributed by atoms with Crippen molar-refractivity contribution in [1.29, 1.82) is 0 Å². The number of likely N-dealkylation sites (N-methyl/N-ethyl adjacent to an activating group) is 1. The van der Waals surface area contributed by atoms with Crippen molar-refractivity contribution >= 4 is 0 Å². The first-order chi connectivity index (χ1) is 15.0. The Morgan fingerprint density at radius 3 is 2.48 bits per heavy atom. The predicted octanol–water partition coefficient (Wildman–Crippen LogP) is 4.09. The number of aryl methyl sites for hydroxylation is 1. The normalized spacial score (nSPS) is 16.5. The molecule has 1 fully saturated rings. The lowest BCUT2D eigenvalue weighted by Gasteiger charge is -2.33. The van der Waals surface area contributed by atoms with Crippen LogP contribution in [0.15, 0.2) is 54.9 Å². The first kappa shape index (κ1) is 21.8. The number of hydrogen-bond acceptors (Lipinski definition) is 4. The molecule has 1 saturated heterocycles. The molecular weight excluding hydrogens is 382 g/mol. The van der Waals surface area contributed by atoms with Gasteiger partial charge in [-0.2, -0.15) is 5.10 Å². The molecule has 0 radical (unpaired) electrons. The minimum Gasteiger partial charge on any atom is -0.306 e. The zero-order chi connectivity index (χ0) is 21.8. The second-order valence-corrected chi connectivity index (χ2v) is 8.90. The maximum atomic E-state index is 4.43. The van der Waals surface area contributed by atoms with Gasteiger partial charge in [-0.1, -0.05) is 35.9 Å². The monoisotopic (exact) mass is 417 g/mol. The number of benzene rings is 2. The molecule has 1 aliphatic heterocycles. The van der Waals surface area contributed by atoms with E-state index in [4.69, 9.17) is 0 Å². The van der Waals surface area contributed by atoms with Gasteiger partial charge in [0.2, 0.25) is 0 Å². The second kappa shape index (κ2) is 9.77. The van der Waals surface area contributed by atoms with Crippen LogP contribution in [-0.4, -0.2) is 52.8 Å². The summed E-state index contributed by atoms with van der Waals surface area (Å²) in [6, 6.07) is 15.4. The number of para-hydroxylation sites is 1. The van der Waals surface area contributed by atoms with E-state index < -0.39 is 0 Å². The van der Waals surface area contributed by atoms with Gasteiger partial charge >= 0.3 is 0 Å². The van der Waals surface area contributed by atoms with Crippen molar-refractivity contribution < 1.29 is 0 Å². The van der Waals surface area contributed by atoms with E-state index in [1.165, 1.54) is 27.8 Å². The highest BCUT2D eigenvalue weighted by Crippen LogP contribution is 2.23. The molecule has 0 saturated carbocycles. The van der Waals surface area contributed by atoms with E-state index in [0.29, 0.717) is 0 Å². The Bertz CT molecular complexity index is 987. The third-order valence-electron chi connectivity index (χ3n) is 6.51. The third-order valence-corrected chi connectivity index (χ3v) is 6.51. The van der Waals surface area contributed by atoms with Gasteiger partial charge < -0.3 is 10.2 Å². The number of nitrogens with zero attached hydrogens (tertiary/aromatic N) is 4. The summed E-state index contributed by atoms with van der Waals surface area (Å²) in [6.45, 7) is 13.3. The number of nitrogens with one attached hydrogen (secondary N) is 1. The van der Waals surface area contributed by atoms with E-state index in [2.05, 4.69) is 84.4 Å². The van der Waals surface area contributed by atoms with Crippen molar-refractivity contribution in [3.8, 4) is 5.69 Å². The Hall–Kier alpha value is -2.47. The van der Waals surface area contributed by atoms with E-state index in [0.717, 1.165) is 45.0 Å². The third kappa shape index (κ3) is 5.24. The van der Waals surface area contributed by atoms with Crippen molar-refractivity contribution in [2.24, 2.45) is 0 Å². The van der Waals surface area contributed by atoms with Gasteiger partial charge in [-0.3, -0.25) is 4.90 Å². The number of rotatable bonds is 7. The molecule has 1 N–H and O–H groups in total. The van der Waals surface area contributed by atoms with Crippen LogP contribution in [0.25, 0.3) is 5.69 Å². The van der Waals surface area contributed by atoms with E-state index in [9.17, 15) is 0 Å². The maximum Gasteiger partial charge on any atom is 0.0693 e. The highest BCUT2D eigenvalue weighted by molar-refractivity contribution is 5.42. The molecule has 3 aromatic rings. The summed E-state index contributed by atoms with van der Waals surface area (Å²) in [4.78, 5) is 5.00. The van der Waals surface area contributed by atoms with Gasteiger partial charge in [0.15, 0.2) is 0 Å². The summed E-state index contributed by atoms with van der Waals surface area (Å²) in [5.41, 5.74) is 8.01. The molecule has 1 aliphatic rings. The highest BCUT2D eigenvalue weighted by atomic mass is 15.3. The molecule has 1 unspecified atom stereocenters. The van der Waals surface area contributed by atoms with Gasteiger partial charge in [-0.25, -0.2) is 4.68 Å². The molecular formula is C26H35N5. The molecule has 1 atom stereocenters. The Morgan fingerprint density at radius 2 is 1.74 bits per heavy atom. The first-order valence-corrected chi connectivity index (χ1v) is 11.3. The van der Waals surface area contributed by atoms with Gasteiger partial charge in [0.25, 0.3) is 0 Å². The summed E-state index contributed by atoms with van der Waals surface area (Å²) < 4.78 is 1.94. The van der Waals surface area contributed by atoms with Crippen molar-refractivity contribution in [2.45, 2.75) is 39.9 Å². The quantitative estimate of drug-likeness (QED) is 0.628. The molecule has 5 nitrogen and oxygen atoms in total. The molecule has 31 heavy (non-hydrogen) atoms. The van der Waals surface area contributed by atoms with E-state index >= 15 is 0 Å². The van der Waals surface area contributed by atoms with E-state index in [1.54, 1.807) is 0 Å². The predicted molar refractivity (Wildman–Crippen MR) is 128 cm³/mol. The van der Waals surface area contributed by atoms with E-state index in [-0.39, 0.29) is 6.04 Å². The van der Waals surface area contributed by atoms with Gasteiger partial charge in [0.05, 0.1) is 5.69 Å². The first-order valence-electron chi connectivity index (χ1n) is 11.3. The van der Waals surface area contributed by atoms with Crippen LogP contribution in [0, 0.1) is 13.8 Å². The topological polar surface area (TPSA) is 36.3 Å². The molecule has 1 aromatic heterocycles. The fraction of sp³-hybridized carbons (Fsp3) is 0.423. The van der Waals surface area contributed by atoms with Crippen molar-refractivity contribution in [3.05, 3.63) is 82.7 Å². The molecule has 5 heteroatoms. The molecule has 164 valence electrons. The molecule has 2 heterocycles. The van der Waals surface area contributed by atoms with Crippen LogP contribution >= 0.6 is 0 Å². The largest absolute Gasteiger partial charge is 0.306 e. The van der Waals surface area contributed by atoms with Crippen molar-refractivity contribution in [2.75, 3.05) is 33.2 Å². The molecule has 0 bridgehead atoms. The zero-order valence-corrected chi connectivity index (χ0v) is 19.3. The average Bonchev–Trinajstić information content (AvgIpc) is 3.31. The summed E-state index contributed by atoms with van der Waals surface area (Å²) >= 11 is 0. The number of piperazine rings is 1. The Morgan fingerprint density at radius 1 is 1.00 bits per heavy atom. The van der Waals surface area contributed by atoms with Crippen LogP contribution < -0.4 is 5.32 Å². The molecule has 0 amide bonds.